The summed E-state index contributed by atoms with van der Waals surface area (Å²) < 4.78 is 29.4. The highest BCUT2D eigenvalue weighted by molar-refractivity contribution is 9.11. The standard InChI is InChI=1S/C21H22BrN5O3S2/c22-18-7-8-19(31-18)32(29,30)25-17(15-16-5-2-1-3-6-16)20(28)26-11-13-27(14-12-26)21-23-9-4-10-24-21/h1-10,17,25H,11-15H2. The summed E-state index contributed by atoms with van der Waals surface area (Å²) in [4.78, 5) is 25.7. The molecule has 11 heteroatoms. The number of nitrogens with one attached hydrogen (secondary N) is 1. The van der Waals surface area contributed by atoms with Gasteiger partial charge >= 0.3 is 0 Å². The second-order valence-electron chi connectivity index (χ2n) is 7.28. The van der Waals surface area contributed by atoms with E-state index in [2.05, 4.69) is 30.6 Å². The van der Waals surface area contributed by atoms with Crippen LogP contribution < -0.4 is 9.62 Å². The van der Waals surface area contributed by atoms with Crippen molar-refractivity contribution in [3.63, 3.8) is 0 Å². The Morgan fingerprint density at radius 3 is 2.34 bits per heavy atom. The molecule has 0 bridgehead atoms. The van der Waals surface area contributed by atoms with Gasteiger partial charge in [0.15, 0.2) is 0 Å². The molecule has 4 rings (SSSR count). The van der Waals surface area contributed by atoms with Gasteiger partial charge in [0.05, 0.1) is 3.79 Å². The van der Waals surface area contributed by atoms with Crippen LogP contribution in [0.5, 0.6) is 0 Å². The van der Waals surface area contributed by atoms with Crippen LogP contribution in [0.3, 0.4) is 0 Å². The number of anilines is 1. The molecule has 1 N–H and O–H groups in total. The molecule has 1 aromatic carbocycles. The maximum absolute atomic E-state index is 13.4. The first-order valence-corrected chi connectivity index (χ1v) is 13.1. The van der Waals surface area contributed by atoms with E-state index in [1.165, 1.54) is 6.07 Å². The molecule has 1 amide bonds. The number of hydrogen-bond donors (Lipinski definition) is 1. The van der Waals surface area contributed by atoms with Crippen LogP contribution in [0.15, 0.2) is 68.9 Å². The maximum atomic E-state index is 13.4. The fourth-order valence-electron chi connectivity index (χ4n) is 3.52. The van der Waals surface area contributed by atoms with Crippen LogP contribution in [0, 0.1) is 0 Å². The predicted octanol–water partition coefficient (Wildman–Crippen LogP) is 2.54. The van der Waals surface area contributed by atoms with Gasteiger partial charge in [-0.15, -0.1) is 11.3 Å². The highest BCUT2D eigenvalue weighted by atomic mass is 79.9. The molecule has 168 valence electrons. The Morgan fingerprint density at radius 2 is 1.72 bits per heavy atom. The molecule has 1 fully saturated rings. The summed E-state index contributed by atoms with van der Waals surface area (Å²) in [6, 6.07) is 13.5. The normalized spacial score (nSPS) is 15.5. The number of carbonyl (C=O) groups is 1. The second-order valence-corrected chi connectivity index (χ2v) is 11.7. The van der Waals surface area contributed by atoms with E-state index < -0.39 is 16.1 Å². The van der Waals surface area contributed by atoms with Gasteiger partial charge in [-0.05, 0) is 46.1 Å². The highest BCUT2D eigenvalue weighted by Crippen LogP contribution is 2.26. The smallest absolute Gasteiger partial charge is 0.250 e. The van der Waals surface area contributed by atoms with Crippen molar-refractivity contribution in [1.29, 1.82) is 0 Å². The Bertz CT molecular complexity index is 1150. The summed E-state index contributed by atoms with van der Waals surface area (Å²) in [7, 11) is -3.84. The van der Waals surface area contributed by atoms with Crippen LogP contribution in [-0.4, -0.2) is 61.4 Å². The van der Waals surface area contributed by atoms with Crippen molar-refractivity contribution in [2.75, 3.05) is 31.1 Å². The van der Waals surface area contributed by atoms with E-state index in [9.17, 15) is 13.2 Å². The van der Waals surface area contributed by atoms with E-state index in [4.69, 9.17) is 0 Å². The molecule has 32 heavy (non-hydrogen) atoms. The number of halogens is 1. The lowest BCUT2D eigenvalue weighted by atomic mass is 10.1. The minimum atomic E-state index is -3.84. The zero-order valence-corrected chi connectivity index (χ0v) is 20.3. The largest absolute Gasteiger partial charge is 0.338 e. The highest BCUT2D eigenvalue weighted by Gasteiger charge is 2.32. The fourth-order valence-corrected chi connectivity index (χ4v) is 6.73. The zero-order valence-electron chi connectivity index (χ0n) is 17.1. The molecule has 8 nitrogen and oxygen atoms in total. The third kappa shape index (κ3) is 5.52. The van der Waals surface area contributed by atoms with Gasteiger partial charge in [-0.2, -0.15) is 4.72 Å². The monoisotopic (exact) mass is 535 g/mol. The summed E-state index contributed by atoms with van der Waals surface area (Å²) in [5.74, 6) is 0.395. The molecule has 0 spiro atoms. The molecule has 3 aromatic rings. The molecular weight excluding hydrogens is 514 g/mol. The topological polar surface area (TPSA) is 95.5 Å². The average Bonchev–Trinajstić information content (AvgIpc) is 3.27. The molecule has 1 atom stereocenters. The Morgan fingerprint density at radius 1 is 1.03 bits per heavy atom. The van der Waals surface area contributed by atoms with Crippen molar-refractivity contribution in [2.45, 2.75) is 16.7 Å². The average molecular weight is 536 g/mol. The number of nitrogens with zero attached hydrogens (tertiary/aromatic N) is 4. The number of carbonyl (C=O) groups excluding carboxylic acids is 1. The fraction of sp³-hybridized carbons (Fsp3) is 0.286. The van der Waals surface area contributed by atoms with Crippen molar-refractivity contribution in [3.8, 4) is 0 Å². The van der Waals surface area contributed by atoms with Crippen LogP contribution in [0.2, 0.25) is 0 Å². The van der Waals surface area contributed by atoms with Crippen LogP contribution >= 0.6 is 27.3 Å². The molecule has 0 saturated carbocycles. The van der Waals surface area contributed by atoms with Gasteiger partial charge in [-0.1, -0.05) is 30.3 Å². The minimum Gasteiger partial charge on any atom is -0.338 e. The number of aromatic nitrogens is 2. The SMILES string of the molecule is O=C(C(Cc1ccccc1)NS(=O)(=O)c1ccc(Br)s1)N1CCN(c2ncccn2)CC1. The summed E-state index contributed by atoms with van der Waals surface area (Å²) in [6.07, 6.45) is 3.65. The molecular formula is C21H22BrN5O3S2. The Hall–Kier alpha value is -2.34. The van der Waals surface area contributed by atoms with E-state index >= 15 is 0 Å². The maximum Gasteiger partial charge on any atom is 0.250 e. The van der Waals surface area contributed by atoms with Crippen molar-refractivity contribution in [1.82, 2.24) is 19.6 Å². The quantitative estimate of drug-likeness (QED) is 0.499. The van der Waals surface area contributed by atoms with E-state index in [1.54, 1.807) is 29.4 Å². The van der Waals surface area contributed by atoms with Gasteiger partial charge in [-0.25, -0.2) is 18.4 Å². The first kappa shape index (κ1) is 22.8. The Balaban J connectivity index is 1.50. The molecule has 1 saturated heterocycles. The third-order valence-electron chi connectivity index (χ3n) is 5.12. The Labute approximate surface area is 199 Å². The summed E-state index contributed by atoms with van der Waals surface area (Å²) in [6.45, 7) is 2.10. The van der Waals surface area contributed by atoms with Gasteiger partial charge < -0.3 is 9.80 Å². The minimum absolute atomic E-state index is 0.168. The van der Waals surface area contributed by atoms with Crippen molar-refractivity contribution in [3.05, 3.63) is 70.3 Å². The molecule has 3 heterocycles. The van der Waals surface area contributed by atoms with Crippen molar-refractivity contribution in [2.24, 2.45) is 0 Å². The summed E-state index contributed by atoms with van der Waals surface area (Å²) in [5, 5.41) is 0. The zero-order chi connectivity index (χ0) is 22.6. The van der Waals surface area contributed by atoms with E-state index in [0.29, 0.717) is 35.9 Å². The van der Waals surface area contributed by atoms with Crippen LogP contribution in [0.1, 0.15) is 5.56 Å². The van der Waals surface area contributed by atoms with Crippen LogP contribution in [0.25, 0.3) is 0 Å². The number of amides is 1. The predicted molar refractivity (Wildman–Crippen MR) is 127 cm³/mol. The van der Waals surface area contributed by atoms with E-state index in [1.807, 2.05) is 35.2 Å². The first-order chi connectivity index (χ1) is 15.4. The van der Waals surface area contributed by atoms with Gasteiger partial charge in [0.25, 0.3) is 10.0 Å². The molecule has 0 aliphatic carbocycles. The molecule has 1 aliphatic rings. The lowest BCUT2D eigenvalue weighted by molar-refractivity contribution is -0.133. The van der Waals surface area contributed by atoms with E-state index in [-0.39, 0.29) is 16.5 Å². The van der Waals surface area contributed by atoms with Crippen molar-refractivity contribution < 1.29 is 13.2 Å². The van der Waals surface area contributed by atoms with Gasteiger partial charge in [0.2, 0.25) is 11.9 Å². The first-order valence-electron chi connectivity index (χ1n) is 10.0. The van der Waals surface area contributed by atoms with Gasteiger partial charge in [0, 0.05) is 38.6 Å². The number of benzene rings is 1. The van der Waals surface area contributed by atoms with Gasteiger partial charge in [0.1, 0.15) is 10.3 Å². The lowest BCUT2D eigenvalue weighted by Crippen LogP contribution is -2.55. The molecule has 0 radical (unpaired) electrons. The number of piperazine rings is 1. The van der Waals surface area contributed by atoms with Crippen LogP contribution in [0.4, 0.5) is 5.95 Å². The summed E-state index contributed by atoms with van der Waals surface area (Å²) in [5.41, 5.74) is 0.886. The number of hydrogen-bond acceptors (Lipinski definition) is 7. The summed E-state index contributed by atoms with van der Waals surface area (Å²) >= 11 is 4.41. The number of thiophene rings is 1. The Kier molecular flexibility index (Phi) is 7.19. The third-order valence-corrected chi connectivity index (χ3v) is 8.71. The number of sulfonamides is 1. The van der Waals surface area contributed by atoms with E-state index in [0.717, 1.165) is 16.9 Å². The van der Waals surface area contributed by atoms with Gasteiger partial charge in [-0.3, -0.25) is 4.79 Å². The van der Waals surface area contributed by atoms with Crippen molar-refractivity contribution >= 4 is 49.1 Å². The molecule has 2 aromatic heterocycles. The molecule has 1 unspecified atom stereocenters. The van der Waals surface area contributed by atoms with Crippen LogP contribution in [-0.2, 0) is 21.2 Å². The number of rotatable bonds is 7. The lowest BCUT2D eigenvalue weighted by Gasteiger charge is -2.36. The molecule has 1 aliphatic heterocycles. The second kappa shape index (κ2) is 10.1.